The molecule has 0 bridgehead atoms. The average molecular weight is 411 g/mol. The van der Waals surface area contributed by atoms with Crippen LogP contribution in [-0.4, -0.2) is 47.3 Å². The number of hydrogen-bond acceptors (Lipinski definition) is 5. The molecule has 1 aliphatic rings. The standard InChI is InChI=1S/C22H22FN3O4/c1-15(27)16-6-7-18(17(23)14-16)24-10-12-25(13-11-24)21(28)8-9-26-19-4-2-3-5-20(19)30-22(26)29/h2-7,14H,8-13H2,1H3. The van der Waals surface area contributed by atoms with Crippen LogP contribution >= 0.6 is 0 Å². The van der Waals surface area contributed by atoms with E-state index in [0.29, 0.717) is 48.5 Å². The Hall–Kier alpha value is -3.42. The van der Waals surface area contributed by atoms with Crippen molar-refractivity contribution in [3.05, 3.63) is 64.4 Å². The number of amides is 1. The number of rotatable bonds is 5. The van der Waals surface area contributed by atoms with Crippen LogP contribution < -0.4 is 10.7 Å². The maximum Gasteiger partial charge on any atom is 0.419 e. The molecule has 3 aromatic rings. The second-order valence-electron chi connectivity index (χ2n) is 7.33. The summed E-state index contributed by atoms with van der Waals surface area (Å²) in [7, 11) is 0. The number of benzene rings is 2. The van der Waals surface area contributed by atoms with Crippen molar-refractivity contribution in [1.29, 1.82) is 0 Å². The molecule has 30 heavy (non-hydrogen) atoms. The molecule has 0 aliphatic carbocycles. The number of Topliss-reactive ketones (excluding diaryl/α,β-unsaturated/α-hetero) is 1. The van der Waals surface area contributed by atoms with Gasteiger partial charge >= 0.3 is 5.76 Å². The molecule has 0 saturated carbocycles. The predicted octanol–water partition coefficient (Wildman–Crippen LogP) is 2.68. The van der Waals surface area contributed by atoms with Crippen molar-refractivity contribution < 1.29 is 18.4 Å². The van der Waals surface area contributed by atoms with E-state index in [1.54, 1.807) is 35.2 Å². The Morgan fingerprint density at radius 2 is 1.80 bits per heavy atom. The molecule has 0 spiro atoms. The topological polar surface area (TPSA) is 75.8 Å². The van der Waals surface area contributed by atoms with Gasteiger partial charge in [0.1, 0.15) is 5.82 Å². The fraction of sp³-hybridized carbons (Fsp3) is 0.318. The maximum absolute atomic E-state index is 14.4. The highest BCUT2D eigenvalue weighted by molar-refractivity contribution is 5.94. The van der Waals surface area contributed by atoms with E-state index in [1.165, 1.54) is 17.6 Å². The number of aryl methyl sites for hydroxylation is 1. The van der Waals surface area contributed by atoms with Gasteiger partial charge in [-0.25, -0.2) is 9.18 Å². The third-order valence-electron chi connectivity index (χ3n) is 5.45. The van der Waals surface area contributed by atoms with Crippen molar-refractivity contribution in [1.82, 2.24) is 9.47 Å². The molecule has 2 aromatic carbocycles. The van der Waals surface area contributed by atoms with E-state index in [9.17, 15) is 18.8 Å². The van der Waals surface area contributed by atoms with Gasteiger partial charge in [-0.05, 0) is 37.3 Å². The van der Waals surface area contributed by atoms with E-state index >= 15 is 0 Å². The molecule has 8 heteroatoms. The summed E-state index contributed by atoms with van der Waals surface area (Å²) in [6.07, 6.45) is 0.186. The van der Waals surface area contributed by atoms with Gasteiger partial charge < -0.3 is 14.2 Å². The van der Waals surface area contributed by atoms with Crippen molar-refractivity contribution in [3.63, 3.8) is 0 Å². The molecule has 1 saturated heterocycles. The number of aromatic nitrogens is 1. The van der Waals surface area contributed by atoms with Crippen LogP contribution in [0.3, 0.4) is 0 Å². The van der Waals surface area contributed by atoms with Gasteiger partial charge in [0.05, 0.1) is 11.2 Å². The van der Waals surface area contributed by atoms with Crippen molar-refractivity contribution in [3.8, 4) is 0 Å². The van der Waals surface area contributed by atoms with E-state index in [0.717, 1.165) is 0 Å². The van der Waals surface area contributed by atoms with E-state index in [4.69, 9.17) is 4.42 Å². The minimum Gasteiger partial charge on any atom is -0.408 e. The number of nitrogens with zero attached hydrogens (tertiary/aromatic N) is 3. The summed E-state index contributed by atoms with van der Waals surface area (Å²) >= 11 is 0. The molecule has 0 unspecified atom stereocenters. The minimum absolute atomic E-state index is 0.0563. The normalized spacial score (nSPS) is 14.3. The van der Waals surface area contributed by atoms with Crippen LogP contribution in [0.25, 0.3) is 11.1 Å². The maximum atomic E-state index is 14.4. The molecule has 1 amide bonds. The first-order valence-corrected chi connectivity index (χ1v) is 9.85. The molecule has 7 nitrogen and oxygen atoms in total. The van der Waals surface area contributed by atoms with Gasteiger partial charge in [-0.15, -0.1) is 0 Å². The summed E-state index contributed by atoms with van der Waals surface area (Å²) in [4.78, 5) is 39.6. The SMILES string of the molecule is CC(=O)c1ccc(N2CCN(C(=O)CCn3c(=O)oc4ccccc43)CC2)c(F)c1. The van der Waals surface area contributed by atoms with Crippen LogP contribution in [0, 0.1) is 5.82 Å². The Bertz CT molecular complexity index is 1160. The lowest BCUT2D eigenvalue weighted by atomic mass is 10.1. The number of oxazole rings is 1. The van der Waals surface area contributed by atoms with Crippen LogP contribution in [0.5, 0.6) is 0 Å². The van der Waals surface area contributed by atoms with Crippen molar-refractivity contribution in [2.24, 2.45) is 0 Å². The van der Waals surface area contributed by atoms with Crippen molar-refractivity contribution in [2.45, 2.75) is 19.9 Å². The fourth-order valence-electron chi connectivity index (χ4n) is 3.77. The molecule has 2 heterocycles. The van der Waals surface area contributed by atoms with Gasteiger partial charge in [0, 0.05) is 44.7 Å². The summed E-state index contributed by atoms with van der Waals surface area (Å²) in [6, 6.07) is 11.6. The van der Waals surface area contributed by atoms with Crippen molar-refractivity contribution >= 4 is 28.5 Å². The predicted molar refractivity (Wildman–Crippen MR) is 110 cm³/mol. The molecule has 0 atom stereocenters. The molecule has 0 N–H and O–H groups in total. The zero-order chi connectivity index (χ0) is 21.3. The zero-order valence-electron chi connectivity index (χ0n) is 16.6. The molecule has 1 fully saturated rings. The summed E-state index contributed by atoms with van der Waals surface area (Å²) in [5, 5.41) is 0. The molecule has 1 aromatic heterocycles. The third-order valence-corrected chi connectivity index (χ3v) is 5.45. The highest BCUT2D eigenvalue weighted by Gasteiger charge is 2.23. The Morgan fingerprint density at radius 1 is 1.07 bits per heavy atom. The first-order chi connectivity index (χ1) is 14.4. The van der Waals surface area contributed by atoms with Gasteiger partial charge in [-0.1, -0.05) is 12.1 Å². The summed E-state index contributed by atoms with van der Waals surface area (Å²) in [5.41, 5.74) is 1.95. The molecule has 4 rings (SSSR count). The van der Waals surface area contributed by atoms with E-state index in [1.807, 2.05) is 11.0 Å². The van der Waals surface area contributed by atoms with Crippen molar-refractivity contribution in [2.75, 3.05) is 31.1 Å². The Morgan fingerprint density at radius 3 is 2.50 bits per heavy atom. The van der Waals surface area contributed by atoms with Gasteiger partial charge in [0.25, 0.3) is 0 Å². The van der Waals surface area contributed by atoms with Crippen LogP contribution in [0.2, 0.25) is 0 Å². The van der Waals surface area contributed by atoms with Gasteiger partial charge in [0.2, 0.25) is 5.91 Å². The number of hydrogen-bond donors (Lipinski definition) is 0. The molecule has 156 valence electrons. The smallest absolute Gasteiger partial charge is 0.408 e. The first kappa shape index (κ1) is 19.9. The Kier molecular flexibility index (Phi) is 5.39. The Balaban J connectivity index is 1.36. The third kappa shape index (κ3) is 3.85. The fourth-order valence-corrected chi connectivity index (χ4v) is 3.77. The number of anilines is 1. The zero-order valence-corrected chi connectivity index (χ0v) is 16.6. The lowest BCUT2D eigenvalue weighted by Gasteiger charge is -2.36. The van der Waals surface area contributed by atoms with Gasteiger partial charge in [-0.3, -0.25) is 14.2 Å². The van der Waals surface area contributed by atoms with Crippen LogP contribution in [0.1, 0.15) is 23.7 Å². The second-order valence-corrected chi connectivity index (χ2v) is 7.33. The quantitative estimate of drug-likeness (QED) is 0.604. The van der Waals surface area contributed by atoms with E-state index in [-0.39, 0.29) is 24.7 Å². The molecule has 1 aliphatic heterocycles. The summed E-state index contributed by atoms with van der Waals surface area (Å²) in [5.74, 6) is -1.15. The number of carbonyl (C=O) groups excluding carboxylic acids is 2. The number of ketones is 1. The number of halogens is 1. The number of fused-ring (bicyclic) bond motifs is 1. The van der Waals surface area contributed by atoms with E-state index in [2.05, 4.69) is 0 Å². The minimum atomic E-state index is -0.474. The largest absolute Gasteiger partial charge is 0.419 e. The van der Waals surface area contributed by atoms with Gasteiger partial charge in [-0.2, -0.15) is 0 Å². The lowest BCUT2D eigenvalue weighted by molar-refractivity contribution is -0.131. The lowest BCUT2D eigenvalue weighted by Crippen LogP contribution is -2.49. The number of piperazine rings is 1. The first-order valence-electron chi connectivity index (χ1n) is 9.85. The average Bonchev–Trinajstić information content (AvgIpc) is 3.07. The highest BCUT2D eigenvalue weighted by Crippen LogP contribution is 2.22. The molecular formula is C22H22FN3O4. The second kappa shape index (κ2) is 8.14. The highest BCUT2D eigenvalue weighted by atomic mass is 19.1. The summed E-state index contributed by atoms with van der Waals surface area (Å²) < 4.78 is 21.0. The number of para-hydroxylation sites is 2. The molecule has 0 radical (unpaired) electrons. The summed E-state index contributed by atoms with van der Waals surface area (Å²) in [6.45, 7) is 3.57. The van der Waals surface area contributed by atoms with Crippen LogP contribution in [0.4, 0.5) is 10.1 Å². The van der Waals surface area contributed by atoms with Crippen LogP contribution in [-0.2, 0) is 11.3 Å². The Labute approximate surface area is 172 Å². The van der Waals surface area contributed by atoms with Gasteiger partial charge in [0.15, 0.2) is 11.4 Å². The van der Waals surface area contributed by atoms with E-state index < -0.39 is 11.6 Å². The number of carbonyl (C=O) groups is 2. The molecular weight excluding hydrogens is 389 g/mol. The van der Waals surface area contributed by atoms with Crippen LogP contribution in [0.15, 0.2) is 51.7 Å². The monoisotopic (exact) mass is 411 g/mol.